The summed E-state index contributed by atoms with van der Waals surface area (Å²) >= 11 is 0. The molecule has 1 amide bonds. The first-order chi connectivity index (χ1) is 13.7. The number of anilines is 1. The predicted molar refractivity (Wildman–Crippen MR) is 100 cm³/mol. The summed E-state index contributed by atoms with van der Waals surface area (Å²) in [5.41, 5.74) is 2.24. The Morgan fingerprint density at radius 1 is 1.11 bits per heavy atom. The quantitative estimate of drug-likeness (QED) is 0.732. The Kier molecular flexibility index (Phi) is 3.89. The lowest BCUT2D eigenvalue weighted by atomic mass is 10.1. The number of nitrogens with zero attached hydrogens (tertiary/aromatic N) is 5. The van der Waals surface area contributed by atoms with Crippen LogP contribution in [0.15, 0.2) is 36.5 Å². The van der Waals surface area contributed by atoms with Crippen LogP contribution in [-0.2, 0) is 12.8 Å². The summed E-state index contributed by atoms with van der Waals surface area (Å²) in [5.74, 6) is 1.07. The van der Waals surface area contributed by atoms with Crippen molar-refractivity contribution in [3.05, 3.63) is 53.5 Å². The van der Waals surface area contributed by atoms with Crippen LogP contribution >= 0.6 is 0 Å². The van der Waals surface area contributed by atoms with E-state index in [4.69, 9.17) is 4.74 Å². The van der Waals surface area contributed by atoms with E-state index in [-0.39, 0.29) is 17.6 Å². The van der Waals surface area contributed by atoms with E-state index in [1.807, 2.05) is 6.07 Å². The van der Waals surface area contributed by atoms with Gasteiger partial charge in [0.15, 0.2) is 5.82 Å². The maximum atomic E-state index is 13.2. The van der Waals surface area contributed by atoms with Gasteiger partial charge < -0.3 is 9.84 Å². The minimum atomic E-state index is -0.249. The number of ether oxygens (including phenoxy) is 1. The molecule has 0 fully saturated rings. The third-order valence-electron chi connectivity index (χ3n) is 4.91. The molecule has 28 heavy (non-hydrogen) atoms. The van der Waals surface area contributed by atoms with Crippen molar-refractivity contribution in [1.82, 2.24) is 19.9 Å². The highest BCUT2D eigenvalue weighted by Crippen LogP contribution is 2.34. The fourth-order valence-corrected chi connectivity index (χ4v) is 3.55. The van der Waals surface area contributed by atoms with Crippen molar-refractivity contribution < 1.29 is 14.6 Å². The van der Waals surface area contributed by atoms with Gasteiger partial charge >= 0.3 is 0 Å². The lowest BCUT2D eigenvalue weighted by molar-refractivity contribution is 0.0979. The normalized spacial score (nSPS) is 14.9. The molecule has 3 aromatic rings. The lowest BCUT2D eigenvalue weighted by Gasteiger charge is -2.28. The summed E-state index contributed by atoms with van der Waals surface area (Å²) in [6, 6.07) is 8.83. The molecule has 5 heterocycles. The van der Waals surface area contributed by atoms with Gasteiger partial charge in [-0.1, -0.05) is 6.07 Å². The number of rotatable bonds is 2. The minimum Gasteiger partial charge on any atom is -0.493 e. The first kappa shape index (κ1) is 16.6. The van der Waals surface area contributed by atoms with Crippen LogP contribution < -0.4 is 9.64 Å². The van der Waals surface area contributed by atoms with Crippen molar-refractivity contribution in [3.63, 3.8) is 0 Å². The third-order valence-corrected chi connectivity index (χ3v) is 4.91. The van der Waals surface area contributed by atoms with E-state index >= 15 is 0 Å². The molecule has 0 saturated carbocycles. The minimum absolute atomic E-state index is 0.113. The van der Waals surface area contributed by atoms with Crippen LogP contribution in [0, 0.1) is 0 Å². The molecule has 3 aromatic heterocycles. The van der Waals surface area contributed by atoms with Gasteiger partial charge in [-0.15, -0.1) is 0 Å². The van der Waals surface area contributed by atoms with Crippen molar-refractivity contribution >= 4 is 11.7 Å². The largest absolute Gasteiger partial charge is 0.493 e. The molecule has 2 aliphatic heterocycles. The van der Waals surface area contributed by atoms with Gasteiger partial charge in [-0.25, -0.2) is 9.97 Å². The Bertz CT molecular complexity index is 1070. The Labute approximate surface area is 160 Å². The van der Waals surface area contributed by atoms with E-state index in [9.17, 15) is 9.90 Å². The van der Waals surface area contributed by atoms with Crippen molar-refractivity contribution in [2.45, 2.75) is 19.3 Å². The average Bonchev–Trinajstić information content (AvgIpc) is 3.21. The van der Waals surface area contributed by atoms with Gasteiger partial charge in [0.1, 0.15) is 23.0 Å². The van der Waals surface area contributed by atoms with Crippen LogP contribution in [0.25, 0.3) is 11.5 Å². The van der Waals surface area contributed by atoms with Crippen LogP contribution in [0.2, 0.25) is 0 Å². The highest BCUT2D eigenvalue weighted by atomic mass is 16.5. The standard InChI is InChI=1S/C20H17N5O3/c26-19-12-4-3-10-25(18(12)23-17(24-19)14-5-1-2-9-21-14)20(27)15-6-7-16-13(22-15)8-11-28-16/h1-2,5-7,9H,3-4,8,10-11H2,(H,23,24,26). The number of aromatic nitrogens is 4. The average molecular weight is 375 g/mol. The van der Waals surface area contributed by atoms with Gasteiger partial charge in [-0.05, 0) is 37.1 Å². The van der Waals surface area contributed by atoms with Crippen molar-refractivity contribution in [2.75, 3.05) is 18.1 Å². The molecular formula is C20H17N5O3. The van der Waals surface area contributed by atoms with E-state index in [0.29, 0.717) is 55.2 Å². The number of hydrogen-bond acceptors (Lipinski definition) is 7. The van der Waals surface area contributed by atoms with Gasteiger partial charge in [0.25, 0.3) is 5.91 Å². The maximum Gasteiger partial charge on any atom is 0.278 e. The molecule has 0 aliphatic carbocycles. The Morgan fingerprint density at radius 3 is 2.89 bits per heavy atom. The predicted octanol–water partition coefficient (Wildman–Crippen LogP) is 2.17. The van der Waals surface area contributed by atoms with Crippen molar-refractivity contribution in [3.8, 4) is 23.1 Å². The second-order valence-electron chi connectivity index (χ2n) is 6.69. The second-order valence-corrected chi connectivity index (χ2v) is 6.69. The van der Waals surface area contributed by atoms with E-state index in [1.165, 1.54) is 0 Å². The summed E-state index contributed by atoms with van der Waals surface area (Å²) in [6.45, 7) is 1.08. The molecule has 0 bridgehead atoms. The van der Waals surface area contributed by atoms with Crippen molar-refractivity contribution in [2.24, 2.45) is 0 Å². The number of pyridine rings is 2. The number of carbonyl (C=O) groups excluding carboxylic acids is 1. The van der Waals surface area contributed by atoms with Crippen LogP contribution in [-0.4, -0.2) is 44.1 Å². The Hall–Kier alpha value is -3.55. The second kappa shape index (κ2) is 6.56. The zero-order valence-corrected chi connectivity index (χ0v) is 15.0. The summed E-state index contributed by atoms with van der Waals surface area (Å²) in [7, 11) is 0. The molecule has 1 N–H and O–H groups in total. The van der Waals surface area contributed by atoms with Gasteiger partial charge in [0.2, 0.25) is 5.88 Å². The summed E-state index contributed by atoms with van der Waals surface area (Å²) < 4.78 is 5.47. The van der Waals surface area contributed by atoms with E-state index in [0.717, 1.165) is 11.4 Å². The Balaban J connectivity index is 1.56. The number of hydrogen-bond donors (Lipinski definition) is 1. The monoisotopic (exact) mass is 375 g/mol. The zero-order valence-electron chi connectivity index (χ0n) is 15.0. The molecule has 0 spiro atoms. The third kappa shape index (κ3) is 2.74. The topological polar surface area (TPSA) is 101 Å². The summed E-state index contributed by atoms with van der Waals surface area (Å²) in [5, 5.41) is 10.4. The molecule has 0 radical (unpaired) electrons. The number of amides is 1. The molecule has 0 aromatic carbocycles. The molecular weight excluding hydrogens is 358 g/mol. The Morgan fingerprint density at radius 2 is 2.04 bits per heavy atom. The highest BCUT2D eigenvalue weighted by Gasteiger charge is 2.30. The highest BCUT2D eigenvalue weighted by molar-refractivity contribution is 6.05. The number of fused-ring (bicyclic) bond motifs is 2. The first-order valence-electron chi connectivity index (χ1n) is 9.16. The smallest absolute Gasteiger partial charge is 0.278 e. The SMILES string of the molecule is O=C(c1ccc2c(n1)CCO2)N1CCCc2c(O)nc(-c3ccccn3)nc21. The lowest BCUT2D eigenvalue weighted by Crippen LogP contribution is -2.37. The van der Waals surface area contributed by atoms with E-state index in [1.54, 1.807) is 35.4 Å². The molecule has 0 unspecified atom stereocenters. The van der Waals surface area contributed by atoms with Crippen LogP contribution in [0.5, 0.6) is 11.6 Å². The number of carbonyl (C=O) groups is 1. The fourth-order valence-electron chi connectivity index (χ4n) is 3.55. The first-order valence-corrected chi connectivity index (χ1v) is 9.16. The molecule has 8 nitrogen and oxygen atoms in total. The molecule has 140 valence electrons. The van der Waals surface area contributed by atoms with Gasteiger partial charge in [-0.3, -0.25) is 14.7 Å². The van der Waals surface area contributed by atoms with E-state index < -0.39 is 0 Å². The molecule has 8 heteroatoms. The summed E-state index contributed by atoms with van der Waals surface area (Å²) in [6.07, 6.45) is 3.65. The van der Waals surface area contributed by atoms with E-state index in [2.05, 4.69) is 19.9 Å². The van der Waals surface area contributed by atoms with Crippen LogP contribution in [0.4, 0.5) is 5.82 Å². The number of aromatic hydroxyl groups is 1. The zero-order chi connectivity index (χ0) is 19.1. The van der Waals surface area contributed by atoms with Gasteiger partial charge in [-0.2, -0.15) is 4.98 Å². The van der Waals surface area contributed by atoms with Gasteiger partial charge in [0, 0.05) is 19.2 Å². The molecule has 5 rings (SSSR count). The molecule has 2 aliphatic rings. The molecule has 0 saturated heterocycles. The fraction of sp³-hybridized carbons (Fsp3) is 0.250. The maximum absolute atomic E-state index is 13.2. The van der Waals surface area contributed by atoms with Crippen molar-refractivity contribution in [1.29, 1.82) is 0 Å². The van der Waals surface area contributed by atoms with Crippen LogP contribution in [0.1, 0.15) is 28.2 Å². The van der Waals surface area contributed by atoms with Crippen LogP contribution in [0.3, 0.4) is 0 Å². The molecule has 0 atom stereocenters. The summed E-state index contributed by atoms with van der Waals surface area (Å²) in [4.78, 5) is 32.2. The van der Waals surface area contributed by atoms with Gasteiger partial charge in [0.05, 0.1) is 17.9 Å².